The molecular formula is C44H68F3N5O13S. The minimum atomic E-state index is -5.13. The predicted octanol–water partition coefficient (Wildman–Crippen LogP) is 6.48. The van der Waals surface area contributed by atoms with Crippen LogP contribution in [0.1, 0.15) is 127 Å². The number of sulfonamides is 1. The minimum absolute atomic E-state index is 0.00685. The summed E-state index contributed by atoms with van der Waals surface area (Å²) in [7, 11) is -4.41. The maximum absolute atomic E-state index is 13.9. The zero-order valence-corrected chi connectivity index (χ0v) is 39.2. The molecule has 0 saturated heterocycles. The number of carbonyl (C=O) groups is 4. The molecule has 0 aliphatic carbocycles. The molecule has 374 valence electrons. The number of aliphatic carboxylic acids is 1. The Morgan fingerprint density at radius 2 is 1.18 bits per heavy atom. The van der Waals surface area contributed by atoms with Crippen molar-refractivity contribution in [1.82, 2.24) is 20.6 Å². The van der Waals surface area contributed by atoms with Gasteiger partial charge in [-0.1, -0.05) is 70.6 Å². The highest BCUT2D eigenvalue weighted by Gasteiger charge is 2.38. The molecule has 2 aromatic rings. The van der Waals surface area contributed by atoms with Crippen LogP contribution in [0.15, 0.2) is 35.4 Å². The molecule has 0 aliphatic heterocycles. The third-order valence-electron chi connectivity index (χ3n) is 9.18. The number of rotatable bonds is 37. The van der Waals surface area contributed by atoms with E-state index >= 15 is 0 Å². The number of esters is 1. The van der Waals surface area contributed by atoms with Gasteiger partial charge in [-0.05, 0) is 57.9 Å². The number of nitrogens with zero attached hydrogens (tertiary/aromatic N) is 2. The van der Waals surface area contributed by atoms with E-state index < -0.39 is 63.4 Å². The molecule has 0 unspecified atom stereocenters. The third-order valence-corrected chi connectivity index (χ3v) is 10.5. The van der Waals surface area contributed by atoms with E-state index in [-0.39, 0.29) is 70.2 Å². The van der Waals surface area contributed by atoms with E-state index in [2.05, 4.69) is 20.6 Å². The quantitative estimate of drug-likeness (QED) is 0.0419. The number of ether oxygens (including phenoxy) is 6. The molecule has 18 nitrogen and oxygen atoms in total. The van der Waals surface area contributed by atoms with Crippen LogP contribution < -0.4 is 20.1 Å². The van der Waals surface area contributed by atoms with Crippen LogP contribution in [0, 0.1) is 0 Å². The first-order valence-electron chi connectivity index (χ1n) is 22.4. The first-order valence-corrected chi connectivity index (χ1v) is 23.8. The van der Waals surface area contributed by atoms with E-state index in [9.17, 15) is 40.8 Å². The lowest BCUT2D eigenvalue weighted by Gasteiger charge is -2.19. The SMILES string of the molecule is CC(C)(C)OC(=O)CCCCCCCCCCCCCCCOc1ccc(S(=O)(=O)Nc2ncc(C(=O)NCCOCCOCC(=O)NCCOCCOCC(=O)O)c(C(F)(F)F)n2)cc1. The van der Waals surface area contributed by atoms with E-state index in [1.807, 2.05) is 25.5 Å². The molecule has 1 aromatic heterocycles. The molecule has 0 aliphatic rings. The second-order valence-corrected chi connectivity index (χ2v) is 17.8. The Hall–Kier alpha value is -4.64. The summed E-state index contributed by atoms with van der Waals surface area (Å²) in [5.74, 6) is -3.25. The van der Waals surface area contributed by atoms with E-state index in [1.165, 1.54) is 62.8 Å². The van der Waals surface area contributed by atoms with Gasteiger partial charge in [0.2, 0.25) is 11.9 Å². The molecule has 0 fully saturated rings. The van der Waals surface area contributed by atoms with Crippen molar-refractivity contribution in [3.63, 3.8) is 0 Å². The van der Waals surface area contributed by atoms with Crippen molar-refractivity contribution in [1.29, 1.82) is 0 Å². The number of carbonyl (C=O) groups excluding carboxylic acids is 3. The average molecular weight is 964 g/mol. The fourth-order valence-corrected chi connectivity index (χ4v) is 6.97. The number of anilines is 1. The van der Waals surface area contributed by atoms with Crippen molar-refractivity contribution < 1.29 is 74.3 Å². The topological polar surface area (TPSA) is 240 Å². The zero-order valence-electron chi connectivity index (χ0n) is 38.3. The molecule has 66 heavy (non-hydrogen) atoms. The molecule has 2 rings (SSSR count). The number of alkyl halides is 3. The normalized spacial score (nSPS) is 11.8. The number of carboxylic acids is 1. The van der Waals surface area contributed by atoms with Gasteiger partial charge in [-0.15, -0.1) is 0 Å². The first kappa shape index (κ1) is 57.5. The number of halogens is 3. The number of hydrogen-bond acceptors (Lipinski definition) is 14. The molecule has 0 saturated carbocycles. The Morgan fingerprint density at radius 3 is 1.73 bits per heavy atom. The Balaban J connectivity index is 1.60. The molecule has 0 spiro atoms. The van der Waals surface area contributed by atoms with Crippen LogP contribution >= 0.6 is 0 Å². The van der Waals surface area contributed by atoms with Crippen LogP contribution in [0.2, 0.25) is 0 Å². The molecule has 2 amide bonds. The summed E-state index contributed by atoms with van der Waals surface area (Å²) in [5.41, 5.74) is -3.00. The highest BCUT2D eigenvalue weighted by molar-refractivity contribution is 7.92. The highest BCUT2D eigenvalue weighted by Crippen LogP contribution is 2.31. The van der Waals surface area contributed by atoms with Crippen LogP contribution in [0.5, 0.6) is 5.75 Å². The first-order chi connectivity index (χ1) is 31.4. The van der Waals surface area contributed by atoms with Gasteiger partial charge < -0.3 is 44.2 Å². The van der Waals surface area contributed by atoms with Crippen LogP contribution in [0.3, 0.4) is 0 Å². The van der Waals surface area contributed by atoms with Crippen LogP contribution in [0.4, 0.5) is 19.1 Å². The monoisotopic (exact) mass is 963 g/mol. The molecule has 1 aromatic carbocycles. The van der Waals surface area contributed by atoms with Gasteiger partial charge in [0.1, 0.15) is 24.6 Å². The molecule has 1 heterocycles. The maximum atomic E-state index is 13.9. The van der Waals surface area contributed by atoms with Crippen molar-refractivity contribution in [2.75, 3.05) is 77.3 Å². The van der Waals surface area contributed by atoms with Gasteiger partial charge in [0, 0.05) is 25.7 Å². The number of unbranched alkanes of at least 4 members (excludes halogenated alkanes) is 12. The molecular weight excluding hydrogens is 896 g/mol. The predicted molar refractivity (Wildman–Crippen MR) is 237 cm³/mol. The Labute approximate surface area is 385 Å². The number of benzene rings is 1. The lowest BCUT2D eigenvalue weighted by molar-refractivity contribution is -0.155. The minimum Gasteiger partial charge on any atom is -0.494 e. The number of amides is 2. The molecule has 4 N–H and O–H groups in total. The smallest absolute Gasteiger partial charge is 0.434 e. The Kier molecular flexibility index (Phi) is 28.0. The maximum Gasteiger partial charge on any atom is 0.434 e. The van der Waals surface area contributed by atoms with Gasteiger partial charge in [0.25, 0.3) is 15.9 Å². The van der Waals surface area contributed by atoms with Gasteiger partial charge in [0.15, 0.2) is 5.69 Å². The zero-order chi connectivity index (χ0) is 48.7. The molecule has 0 bridgehead atoms. The number of carboxylic acid groups (broad SMARTS) is 1. The van der Waals surface area contributed by atoms with Crippen molar-refractivity contribution >= 4 is 39.7 Å². The van der Waals surface area contributed by atoms with E-state index in [0.717, 1.165) is 44.9 Å². The van der Waals surface area contributed by atoms with Gasteiger partial charge in [-0.2, -0.15) is 13.2 Å². The average Bonchev–Trinajstić information content (AvgIpc) is 3.24. The standard InChI is InChI=1S/C44H68F3N5O13S/c1-43(2,3)65-39(56)17-15-13-11-9-7-5-4-6-8-10-12-14-16-24-64-34-18-20-35(21-19-34)66(58,59)52-42-50-31-36(40(51-42)44(45,46)47)41(57)49-23-26-61-27-29-62-32-37(53)48-22-25-60-28-30-63-33-38(54)55/h18-21,31H,4-17,22-30,32-33H2,1-3H3,(H,48,53)(H,49,57)(H,54,55)(H,50,51,52). The third kappa shape index (κ3) is 27.7. The van der Waals surface area contributed by atoms with Crippen molar-refractivity contribution in [3.05, 3.63) is 41.7 Å². The van der Waals surface area contributed by atoms with Gasteiger partial charge in [-0.25, -0.2) is 27.9 Å². The van der Waals surface area contributed by atoms with Crippen LogP contribution in [0.25, 0.3) is 0 Å². The number of hydrogen-bond donors (Lipinski definition) is 4. The number of nitrogens with one attached hydrogen (secondary N) is 3. The van der Waals surface area contributed by atoms with Crippen LogP contribution in [-0.2, 0) is 54.3 Å². The van der Waals surface area contributed by atoms with Gasteiger partial charge in [0.05, 0.1) is 56.7 Å². The van der Waals surface area contributed by atoms with Crippen molar-refractivity contribution in [3.8, 4) is 5.75 Å². The molecule has 22 heteroatoms. The Bertz CT molecular complexity index is 1830. The van der Waals surface area contributed by atoms with Crippen LogP contribution in [-0.4, -0.2) is 125 Å². The second kappa shape index (κ2) is 32.1. The fourth-order valence-electron chi connectivity index (χ4n) is 6.02. The summed E-state index contributed by atoms with van der Waals surface area (Å²) in [6.45, 7) is 5.71. The van der Waals surface area contributed by atoms with E-state index in [1.54, 1.807) is 0 Å². The summed E-state index contributed by atoms with van der Waals surface area (Å²) < 4.78 is 101. The van der Waals surface area contributed by atoms with Gasteiger partial charge >= 0.3 is 18.1 Å². The summed E-state index contributed by atoms with van der Waals surface area (Å²) in [6.07, 6.45) is 10.3. The number of aromatic nitrogens is 2. The summed E-state index contributed by atoms with van der Waals surface area (Å²) in [4.78, 5) is 53.2. The lowest BCUT2D eigenvalue weighted by atomic mass is 10.0. The van der Waals surface area contributed by atoms with Crippen molar-refractivity contribution in [2.24, 2.45) is 0 Å². The second-order valence-electron chi connectivity index (χ2n) is 16.1. The molecule has 0 atom stereocenters. The van der Waals surface area contributed by atoms with Gasteiger partial charge in [-0.3, -0.25) is 14.4 Å². The molecule has 0 radical (unpaired) electrons. The summed E-state index contributed by atoms with van der Waals surface area (Å²) in [6, 6.07) is 5.38. The Morgan fingerprint density at radius 1 is 0.667 bits per heavy atom. The largest absolute Gasteiger partial charge is 0.494 e. The summed E-state index contributed by atoms with van der Waals surface area (Å²) >= 11 is 0. The highest BCUT2D eigenvalue weighted by atomic mass is 32.2. The van der Waals surface area contributed by atoms with E-state index in [0.29, 0.717) is 25.0 Å². The lowest BCUT2D eigenvalue weighted by Crippen LogP contribution is -2.32. The van der Waals surface area contributed by atoms with E-state index in [4.69, 9.17) is 33.5 Å². The fraction of sp³-hybridized carbons (Fsp3) is 0.682. The summed E-state index contributed by atoms with van der Waals surface area (Å²) in [5, 5.41) is 13.3. The van der Waals surface area contributed by atoms with Crippen molar-refractivity contribution in [2.45, 2.75) is 127 Å².